The fourth-order valence-corrected chi connectivity index (χ4v) is 2.05. The average molecular weight is 249 g/mol. The summed E-state index contributed by atoms with van der Waals surface area (Å²) in [6, 6.07) is 16.8. The van der Waals surface area contributed by atoms with Crippen LogP contribution in [0.3, 0.4) is 0 Å². The van der Waals surface area contributed by atoms with Gasteiger partial charge in [0.2, 0.25) is 0 Å². The Balaban J connectivity index is 2.10. The average Bonchev–Trinajstić information content (AvgIpc) is 2.48. The second kappa shape index (κ2) is 6.69. The molecule has 96 valence electrons. The van der Waals surface area contributed by atoms with Gasteiger partial charge in [-0.1, -0.05) is 60.7 Å². The Kier molecular flexibility index (Phi) is 4.68. The van der Waals surface area contributed by atoms with E-state index in [0.29, 0.717) is 0 Å². The molecule has 0 bridgehead atoms. The lowest BCUT2D eigenvalue weighted by atomic mass is 10.0. The largest absolute Gasteiger partial charge is 0.308 e. The van der Waals surface area contributed by atoms with Crippen molar-refractivity contribution < 1.29 is 0 Å². The lowest BCUT2D eigenvalue weighted by Crippen LogP contribution is -1.85. The van der Waals surface area contributed by atoms with Gasteiger partial charge in [-0.05, 0) is 42.0 Å². The van der Waals surface area contributed by atoms with E-state index < -0.39 is 0 Å². The number of aryl methyl sites for hydroxylation is 1. The Hall–Kier alpha value is -2.15. The summed E-state index contributed by atoms with van der Waals surface area (Å²) < 4.78 is 0. The lowest BCUT2D eigenvalue weighted by molar-refractivity contribution is 1.000. The molecule has 0 heterocycles. The number of hydrogen-bond donors (Lipinski definition) is 1. The van der Waals surface area contributed by atoms with Crippen molar-refractivity contribution in [3.05, 3.63) is 71.8 Å². The highest BCUT2D eigenvalue weighted by molar-refractivity contribution is 5.78. The van der Waals surface area contributed by atoms with Gasteiger partial charge in [-0.15, -0.1) is 0 Å². The van der Waals surface area contributed by atoms with E-state index in [-0.39, 0.29) is 0 Å². The van der Waals surface area contributed by atoms with Crippen LogP contribution in [0.25, 0.3) is 11.1 Å². The van der Waals surface area contributed by atoms with E-state index in [2.05, 4.69) is 55.5 Å². The summed E-state index contributed by atoms with van der Waals surface area (Å²) in [5, 5.41) is 7.20. The first-order valence-electron chi connectivity index (χ1n) is 6.64. The van der Waals surface area contributed by atoms with E-state index in [0.717, 1.165) is 18.4 Å². The molecule has 0 aliphatic carbocycles. The molecule has 2 rings (SSSR count). The Bertz CT molecular complexity index is 547. The minimum Gasteiger partial charge on any atom is -0.308 e. The van der Waals surface area contributed by atoms with Crippen LogP contribution in [0.5, 0.6) is 0 Å². The van der Waals surface area contributed by atoms with Crippen LogP contribution in [0.1, 0.15) is 24.5 Å². The number of benzene rings is 2. The molecule has 2 aromatic carbocycles. The van der Waals surface area contributed by atoms with Gasteiger partial charge >= 0.3 is 0 Å². The van der Waals surface area contributed by atoms with E-state index in [9.17, 15) is 0 Å². The minimum atomic E-state index is 0.937. The molecule has 0 aromatic heterocycles. The maximum atomic E-state index is 7.20. The van der Waals surface area contributed by atoms with Crippen LogP contribution in [0.15, 0.2) is 60.7 Å². The summed E-state index contributed by atoms with van der Waals surface area (Å²) in [7, 11) is 0. The first-order valence-corrected chi connectivity index (χ1v) is 6.64. The molecule has 0 spiro atoms. The molecular formula is C18H19N. The molecule has 0 saturated carbocycles. The smallest absolute Gasteiger partial charge is 0.0250 e. The van der Waals surface area contributed by atoms with Crippen molar-refractivity contribution in [2.75, 3.05) is 0 Å². The molecular weight excluding hydrogens is 230 g/mol. The highest BCUT2D eigenvalue weighted by Crippen LogP contribution is 2.20. The van der Waals surface area contributed by atoms with Gasteiger partial charge in [0.05, 0.1) is 0 Å². The fourth-order valence-electron chi connectivity index (χ4n) is 2.05. The van der Waals surface area contributed by atoms with Crippen molar-refractivity contribution in [3.8, 4) is 11.1 Å². The highest BCUT2D eigenvalue weighted by atomic mass is 14.3. The van der Waals surface area contributed by atoms with Gasteiger partial charge in [0.1, 0.15) is 0 Å². The molecule has 0 saturated heterocycles. The van der Waals surface area contributed by atoms with Crippen molar-refractivity contribution in [1.82, 2.24) is 0 Å². The molecule has 1 N–H and O–H groups in total. The van der Waals surface area contributed by atoms with Crippen LogP contribution < -0.4 is 0 Å². The van der Waals surface area contributed by atoms with Crippen LogP contribution in [0.4, 0.5) is 0 Å². The van der Waals surface area contributed by atoms with Gasteiger partial charge < -0.3 is 5.41 Å². The molecule has 0 fully saturated rings. The van der Waals surface area contributed by atoms with E-state index in [1.165, 1.54) is 22.9 Å². The summed E-state index contributed by atoms with van der Waals surface area (Å²) in [6.45, 7) is 2.06. The number of rotatable bonds is 5. The number of allylic oxidation sites excluding steroid dienone is 2. The Morgan fingerprint density at radius 3 is 2.00 bits per heavy atom. The normalized spacial score (nSPS) is 10.8. The molecule has 2 aromatic rings. The van der Waals surface area contributed by atoms with Crippen molar-refractivity contribution in [2.24, 2.45) is 0 Å². The number of hydrogen-bond acceptors (Lipinski definition) is 1. The summed E-state index contributed by atoms with van der Waals surface area (Å²) in [6.07, 6.45) is 7.86. The molecule has 0 amide bonds. The predicted molar refractivity (Wildman–Crippen MR) is 82.9 cm³/mol. The Labute approximate surface area is 115 Å². The molecule has 0 unspecified atom stereocenters. The van der Waals surface area contributed by atoms with Gasteiger partial charge in [0.15, 0.2) is 0 Å². The van der Waals surface area contributed by atoms with Gasteiger partial charge in [-0.25, -0.2) is 0 Å². The quantitative estimate of drug-likeness (QED) is 0.578. The van der Waals surface area contributed by atoms with E-state index in [4.69, 9.17) is 5.41 Å². The summed E-state index contributed by atoms with van der Waals surface area (Å²) in [4.78, 5) is 0. The van der Waals surface area contributed by atoms with E-state index >= 15 is 0 Å². The fraction of sp³-hybridized carbons (Fsp3) is 0.167. The minimum absolute atomic E-state index is 0.937. The predicted octanol–water partition coefficient (Wildman–Crippen LogP) is 4.86. The first-order chi connectivity index (χ1) is 9.33. The molecule has 0 atom stereocenters. The van der Waals surface area contributed by atoms with Gasteiger partial charge in [0, 0.05) is 6.21 Å². The topological polar surface area (TPSA) is 23.9 Å². The molecule has 0 radical (unpaired) electrons. The SMILES string of the molecule is C/C=C/CCc1ccc(-c2ccc(C=N)cc2)cc1. The Morgan fingerprint density at radius 2 is 1.47 bits per heavy atom. The summed E-state index contributed by atoms with van der Waals surface area (Å²) in [5.74, 6) is 0. The van der Waals surface area contributed by atoms with Crippen molar-refractivity contribution in [1.29, 1.82) is 5.41 Å². The summed E-state index contributed by atoms with van der Waals surface area (Å²) >= 11 is 0. The zero-order chi connectivity index (χ0) is 13.5. The standard InChI is InChI=1S/C18H19N/c1-2-3-4-5-15-6-10-17(11-7-15)18-12-8-16(14-19)9-13-18/h2-3,6-14,19H,4-5H2,1H3/b3-2+,19-14?. The third-order valence-electron chi connectivity index (χ3n) is 3.20. The molecule has 0 aliphatic rings. The Morgan fingerprint density at radius 1 is 0.895 bits per heavy atom. The lowest BCUT2D eigenvalue weighted by Gasteiger charge is -2.04. The second-order valence-electron chi connectivity index (χ2n) is 4.57. The molecule has 1 heteroatoms. The van der Waals surface area contributed by atoms with E-state index in [1.54, 1.807) is 0 Å². The van der Waals surface area contributed by atoms with Crippen molar-refractivity contribution >= 4 is 6.21 Å². The molecule has 0 aliphatic heterocycles. The molecule has 1 nitrogen and oxygen atoms in total. The summed E-state index contributed by atoms with van der Waals surface area (Å²) in [5.41, 5.74) is 4.74. The van der Waals surface area contributed by atoms with Gasteiger partial charge in [0.25, 0.3) is 0 Å². The van der Waals surface area contributed by atoms with Crippen LogP contribution in [-0.2, 0) is 6.42 Å². The van der Waals surface area contributed by atoms with Crippen molar-refractivity contribution in [3.63, 3.8) is 0 Å². The first kappa shape index (κ1) is 13.3. The zero-order valence-corrected chi connectivity index (χ0v) is 11.3. The monoisotopic (exact) mass is 249 g/mol. The van der Waals surface area contributed by atoms with E-state index in [1.807, 2.05) is 12.1 Å². The van der Waals surface area contributed by atoms with Crippen LogP contribution >= 0.6 is 0 Å². The maximum Gasteiger partial charge on any atom is 0.0250 e. The second-order valence-corrected chi connectivity index (χ2v) is 4.57. The number of nitrogens with one attached hydrogen (secondary N) is 1. The third-order valence-corrected chi connectivity index (χ3v) is 3.20. The van der Waals surface area contributed by atoms with Crippen LogP contribution in [0.2, 0.25) is 0 Å². The highest BCUT2D eigenvalue weighted by Gasteiger charge is 1.98. The van der Waals surface area contributed by atoms with Crippen molar-refractivity contribution in [2.45, 2.75) is 19.8 Å². The van der Waals surface area contributed by atoms with Crippen LogP contribution in [0, 0.1) is 5.41 Å². The van der Waals surface area contributed by atoms with Gasteiger partial charge in [-0.3, -0.25) is 0 Å². The molecule has 19 heavy (non-hydrogen) atoms. The maximum absolute atomic E-state index is 7.20. The van der Waals surface area contributed by atoms with Crippen LogP contribution in [-0.4, -0.2) is 6.21 Å². The zero-order valence-electron chi connectivity index (χ0n) is 11.3. The van der Waals surface area contributed by atoms with Gasteiger partial charge in [-0.2, -0.15) is 0 Å². The third kappa shape index (κ3) is 3.65.